The quantitative estimate of drug-likeness (QED) is 0.296. The fourth-order valence-corrected chi connectivity index (χ4v) is 6.57. The molecule has 0 radical (unpaired) electrons. The minimum atomic E-state index is -4.39. The van der Waals surface area contributed by atoms with Crippen molar-refractivity contribution in [2.75, 3.05) is 32.2 Å². The Labute approximate surface area is 257 Å². The number of nitrogens with zero attached hydrogens (tertiary/aromatic N) is 2. The first-order valence-electron chi connectivity index (χ1n) is 14.3. The van der Waals surface area contributed by atoms with Gasteiger partial charge in [-0.2, -0.15) is 0 Å². The first-order valence-corrected chi connectivity index (χ1v) is 15.7. The molecule has 0 heterocycles. The lowest BCUT2D eigenvalue weighted by atomic mass is 10.1. The van der Waals surface area contributed by atoms with Crippen LogP contribution in [0.1, 0.15) is 38.2 Å². The van der Waals surface area contributed by atoms with Crippen LogP contribution in [0.4, 0.5) is 10.1 Å². The van der Waals surface area contributed by atoms with Crippen LogP contribution < -0.4 is 23.8 Å². The predicted octanol–water partition coefficient (Wildman–Crippen LogP) is 4.52. The highest BCUT2D eigenvalue weighted by atomic mass is 32.2. The van der Waals surface area contributed by atoms with Gasteiger partial charge in [0.25, 0.3) is 10.0 Å². The monoisotopic (exact) mass is 627 g/mol. The zero-order chi connectivity index (χ0) is 31.9. The van der Waals surface area contributed by atoms with Gasteiger partial charge < -0.3 is 24.4 Å². The molecule has 1 aliphatic rings. The van der Waals surface area contributed by atoms with Crippen molar-refractivity contribution in [2.45, 2.75) is 56.1 Å². The number of nitrogens with one attached hydrogen (secondary N) is 1. The summed E-state index contributed by atoms with van der Waals surface area (Å²) in [6.07, 6.45) is 3.78. The lowest BCUT2D eigenvalue weighted by Crippen LogP contribution is -2.52. The number of sulfonamides is 1. The molecule has 0 unspecified atom stereocenters. The van der Waals surface area contributed by atoms with Crippen LogP contribution in [0.25, 0.3) is 0 Å². The number of methoxy groups -OCH3 is 3. The van der Waals surface area contributed by atoms with Crippen molar-refractivity contribution in [1.29, 1.82) is 0 Å². The van der Waals surface area contributed by atoms with Gasteiger partial charge >= 0.3 is 0 Å². The fraction of sp³-hybridized carbons (Fsp3) is 0.375. The summed E-state index contributed by atoms with van der Waals surface area (Å²) in [4.78, 5) is 28.6. The second-order valence-electron chi connectivity index (χ2n) is 10.5. The van der Waals surface area contributed by atoms with Crippen molar-refractivity contribution >= 4 is 27.5 Å². The molecule has 1 N–H and O–H groups in total. The minimum Gasteiger partial charge on any atom is -0.497 e. The third kappa shape index (κ3) is 7.60. The highest BCUT2D eigenvalue weighted by Gasteiger charge is 2.34. The van der Waals surface area contributed by atoms with E-state index < -0.39 is 34.3 Å². The average Bonchev–Trinajstić information content (AvgIpc) is 3.55. The number of rotatable bonds is 13. The maximum absolute atomic E-state index is 14.1. The van der Waals surface area contributed by atoms with Crippen molar-refractivity contribution in [3.8, 4) is 17.2 Å². The summed E-state index contributed by atoms with van der Waals surface area (Å²) in [6, 6.07) is 15.0. The summed E-state index contributed by atoms with van der Waals surface area (Å²) in [6.45, 7) is 1.01. The number of anilines is 1. The standard InChI is InChI=1S/C32H38FN3O7S/c1-22(32(38)34-25-7-5-6-8-25)35(20-23-9-15-27(41-2)16-10-23)31(37)21-36(26-13-11-24(33)12-14-26)44(39,40)28-17-18-29(42-3)30(19-28)43-4/h9-19,22,25H,5-8,20-21H2,1-4H3,(H,34,38)/t22-/m0/s1. The van der Waals surface area contributed by atoms with Crippen LogP contribution in [0.3, 0.4) is 0 Å². The molecule has 1 atom stereocenters. The van der Waals surface area contributed by atoms with E-state index >= 15 is 0 Å². The summed E-state index contributed by atoms with van der Waals surface area (Å²) < 4.78 is 58.7. The van der Waals surface area contributed by atoms with E-state index in [1.807, 2.05) is 0 Å². The third-order valence-corrected chi connectivity index (χ3v) is 9.49. The molecule has 1 aliphatic carbocycles. The maximum Gasteiger partial charge on any atom is 0.264 e. The first-order chi connectivity index (χ1) is 21.1. The number of benzene rings is 3. The molecule has 0 spiro atoms. The zero-order valence-electron chi connectivity index (χ0n) is 25.3. The Morgan fingerprint density at radius 1 is 0.909 bits per heavy atom. The van der Waals surface area contributed by atoms with E-state index in [0.29, 0.717) is 11.5 Å². The molecule has 1 fully saturated rings. The first kappa shape index (κ1) is 32.6. The molecule has 0 saturated heterocycles. The van der Waals surface area contributed by atoms with Crippen LogP contribution >= 0.6 is 0 Å². The molecular weight excluding hydrogens is 589 g/mol. The molecule has 0 aliphatic heterocycles. The van der Waals surface area contributed by atoms with E-state index in [4.69, 9.17) is 14.2 Å². The summed E-state index contributed by atoms with van der Waals surface area (Å²) in [5, 5.41) is 3.04. The van der Waals surface area contributed by atoms with Crippen LogP contribution in [0.15, 0.2) is 71.6 Å². The smallest absolute Gasteiger partial charge is 0.264 e. The number of ether oxygens (including phenoxy) is 3. The predicted molar refractivity (Wildman–Crippen MR) is 164 cm³/mol. The lowest BCUT2D eigenvalue weighted by Gasteiger charge is -2.32. The van der Waals surface area contributed by atoms with Gasteiger partial charge in [-0.3, -0.25) is 13.9 Å². The zero-order valence-corrected chi connectivity index (χ0v) is 26.1. The van der Waals surface area contributed by atoms with Gasteiger partial charge in [0, 0.05) is 18.7 Å². The summed E-state index contributed by atoms with van der Waals surface area (Å²) in [5.41, 5.74) is 0.790. The Morgan fingerprint density at radius 2 is 1.55 bits per heavy atom. The number of hydrogen-bond acceptors (Lipinski definition) is 7. The highest BCUT2D eigenvalue weighted by Crippen LogP contribution is 2.32. The van der Waals surface area contributed by atoms with Crippen molar-refractivity contribution in [3.63, 3.8) is 0 Å². The molecule has 3 aromatic rings. The van der Waals surface area contributed by atoms with Gasteiger partial charge in [-0.1, -0.05) is 25.0 Å². The van der Waals surface area contributed by atoms with Crippen molar-refractivity contribution in [3.05, 3.63) is 78.1 Å². The molecular formula is C32H38FN3O7S. The summed E-state index contributed by atoms with van der Waals surface area (Å²) in [5.74, 6) is -0.386. The number of amides is 2. The van der Waals surface area contributed by atoms with E-state index in [-0.39, 0.29) is 34.8 Å². The van der Waals surface area contributed by atoms with E-state index in [9.17, 15) is 22.4 Å². The Morgan fingerprint density at radius 3 is 2.14 bits per heavy atom. The number of carbonyl (C=O) groups is 2. The second kappa shape index (κ2) is 14.4. The SMILES string of the molecule is COc1ccc(CN(C(=O)CN(c2ccc(F)cc2)S(=O)(=O)c2ccc(OC)c(OC)c2)[C@@H](C)C(=O)NC2CCCC2)cc1. The van der Waals surface area contributed by atoms with Crippen LogP contribution in [0.5, 0.6) is 17.2 Å². The average molecular weight is 628 g/mol. The van der Waals surface area contributed by atoms with Crippen LogP contribution in [0, 0.1) is 5.82 Å². The lowest BCUT2D eigenvalue weighted by molar-refractivity contribution is -0.139. The van der Waals surface area contributed by atoms with Crippen LogP contribution in [-0.2, 0) is 26.2 Å². The largest absolute Gasteiger partial charge is 0.497 e. The second-order valence-corrected chi connectivity index (χ2v) is 12.4. The van der Waals surface area contributed by atoms with Gasteiger partial charge in [0.15, 0.2) is 11.5 Å². The van der Waals surface area contributed by atoms with Gasteiger partial charge in [0.2, 0.25) is 11.8 Å². The molecule has 1 saturated carbocycles. The minimum absolute atomic E-state index is 0.0315. The molecule has 236 valence electrons. The Bertz CT molecular complexity index is 1540. The number of carbonyl (C=O) groups excluding carboxylic acids is 2. The van der Waals surface area contributed by atoms with Crippen LogP contribution in [-0.4, -0.2) is 65.1 Å². The van der Waals surface area contributed by atoms with Crippen LogP contribution in [0.2, 0.25) is 0 Å². The van der Waals surface area contributed by atoms with Crippen molar-refractivity contribution in [1.82, 2.24) is 10.2 Å². The Balaban J connectivity index is 1.71. The van der Waals surface area contributed by atoms with E-state index in [0.717, 1.165) is 47.7 Å². The third-order valence-electron chi connectivity index (χ3n) is 7.72. The normalized spacial score (nSPS) is 14.0. The van der Waals surface area contributed by atoms with E-state index in [1.54, 1.807) is 38.3 Å². The van der Waals surface area contributed by atoms with Gasteiger partial charge in [-0.05, 0) is 73.9 Å². The molecule has 4 rings (SSSR count). The van der Waals surface area contributed by atoms with E-state index in [1.165, 1.54) is 49.5 Å². The van der Waals surface area contributed by atoms with E-state index in [2.05, 4.69) is 5.32 Å². The molecule has 0 aromatic heterocycles. The maximum atomic E-state index is 14.1. The topological polar surface area (TPSA) is 114 Å². The van der Waals surface area contributed by atoms with Gasteiger partial charge in [0.05, 0.1) is 31.9 Å². The van der Waals surface area contributed by atoms with Crippen molar-refractivity contribution in [2.24, 2.45) is 0 Å². The number of halogens is 1. The van der Waals surface area contributed by atoms with Gasteiger partial charge in [-0.15, -0.1) is 0 Å². The molecule has 12 heteroatoms. The summed E-state index contributed by atoms with van der Waals surface area (Å²) >= 11 is 0. The molecule has 0 bridgehead atoms. The Kier molecular flexibility index (Phi) is 10.7. The highest BCUT2D eigenvalue weighted by molar-refractivity contribution is 7.92. The molecule has 2 amide bonds. The van der Waals surface area contributed by atoms with Crippen molar-refractivity contribution < 1.29 is 36.6 Å². The summed E-state index contributed by atoms with van der Waals surface area (Å²) in [7, 11) is -0.0370. The molecule has 3 aromatic carbocycles. The fourth-order valence-electron chi connectivity index (χ4n) is 5.14. The molecule has 10 nitrogen and oxygen atoms in total. The van der Waals surface area contributed by atoms with Gasteiger partial charge in [0.1, 0.15) is 24.2 Å². The number of hydrogen-bond donors (Lipinski definition) is 1. The molecule has 44 heavy (non-hydrogen) atoms. The Hall–Kier alpha value is -4.32. The van der Waals surface area contributed by atoms with Gasteiger partial charge in [-0.25, -0.2) is 12.8 Å².